The van der Waals surface area contributed by atoms with E-state index >= 15 is 0 Å². The standard InChI is InChI=1S/C24H23N3O5/c28-18(29)11-10-17-19-20(24(26-17)15-8-4-5-9-16(15)25-23(24)32)22(31)27(21(19)30)13-12-14-6-2-1-3-7-14/h1-9,17,19-20,26H,10-13H2,(H,25,32)(H,28,29)/t17?,19-,20+,24?/m1/s1. The Morgan fingerprint density at radius 3 is 2.47 bits per heavy atom. The fourth-order valence-corrected chi connectivity index (χ4v) is 5.45. The highest BCUT2D eigenvalue weighted by atomic mass is 16.4. The normalized spacial score (nSPS) is 28.2. The third-order valence-corrected chi connectivity index (χ3v) is 6.85. The van der Waals surface area contributed by atoms with Gasteiger partial charge in [0.25, 0.3) is 0 Å². The summed E-state index contributed by atoms with van der Waals surface area (Å²) in [6.45, 7) is 0.222. The van der Waals surface area contributed by atoms with Crippen LogP contribution >= 0.6 is 0 Å². The van der Waals surface area contributed by atoms with Crippen LogP contribution in [0.25, 0.3) is 0 Å². The number of likely N-dealkylation sites (tertiary alicyclic amines) is 1. The van der Waals surface area contributed by atoms with E-state index in [0.717, 1.165) is 5.56 Å². The molecule has 0 aliphatic carbocycles. The number of hydrogen-bond donors (Lipinski definition) is 3. The molecule has 4 atom stereocenters. The van der Waals surface area contributed by atoms with Gasteiger partial charge in [-0.15, -0.1) is 0 Å². The number of para-hydroxylation sites is 1. The Bertz CT molecular complexity index is 1120. The number of benzene rings is 2. The van der Waals surface area contributed by atoms with Crippen LogP contribution in [0.15, 0.2) is 54.6 Å². The number of nitrogens with one attached hydrogen (secondary N) is 2. The van der Waals surface area contributed by atoms with Gasteiger partial charge >= 0.3 is 5.97 Å². The summed E-state index contributed by atoms with van der Waals surface area (Å²) >= 11 is 0. The van der Waals surface area contributed by atoms with Gasteiger partial charge in [-0.25, -0.2) is 0 Å². The Morgan fingerprint density at radius 1 is 1.00 bits per heavy atom. The largest absolute Gasteiger partial charge is 0.481 e. The summed E-state index contributed by atoms with van der Waals surface area (Å²) in [6, 6.07) is 16.1. The number of rotatable bonds is 6. The number of carbonyl (C=O) groups is 4. The minimum absolute atomic E-state index is 0.152. The second kappa shape index (κ2) is 7.56. The van der Waals surface area contributed by atoms with Crippen LogP contribution in [0.1, 0.15) is 24.0 Å². The molecule has 0 radical (unpaired) electrons. The van der Waals surface area contributed by atoms with Crippen molar-refractivity contribution < 1.29 is 24.3 Å². The highest BCUT2D eigenvalue weighted by molar-refractivity contribution is 6.15. The zero-order chi connectivity index (χ0) is 22.5. The maximum absolute atomic E-state index is 13.6. The summed E-state index contributed by atoms with van der Waals surface area (Å²) in [4.78, 5) is 52.7. The first kappa shape index (κ1) is 20.4. The van der Waals surface area contributed by atoms with E-state index in [9.17, 15) is 24.3 Å². The molecule has 3 amide bonds. The quantitative estimate of drug-likeness (QED) is 0.595. The number of aliphatic carboxylic acids is 1. The molecule has 1 spiro atoms. The average Bonchev–Trinajstić information content (AvgIpc) is 3.36. The van der Waals surface area contributed by atoms with Crippen molar-refractivity contribution in [2.24, 2.45) is 11.8 Å². The van der Waals surface area contributed by atoms with E-state index in [-0.39, 0.29) is 37.1 Å². The molecule has 2 fully saturated rings. The number of nitrogens with zero attached hydrogens (tertiary/aromatic N) is 1. The van der Waals surface area contributed by atoms with Crippen LogP contribution in [-0.2, 0) is 31.1 Å². The molecule has 164 valence electrons. The predicted octanol–water partition coefficient (Wildman–Crippen LogP) is 1.51. The molecular formula is C24H23N3O5. The number of carboxylic acids is 1. The third kappa shape index (κ3) is 2.94. The fourth-order valence-electron chi connectivity index (χ4n) is 5.45. The Hall–Kier alpha value is -3.52. The molecule has 3 aliphatic rings. The first-order chi connectivity index (χ1) is 15.4. The van der Waals surface area contributed by atoms with Crippen molar-refractivity contribution in [2.45, 2.75) is 30.8 Å². The zero-order valence-corrected chi connectivity index (χ0v) is 17.3. The average molecular weight is 433 g/mol. The summed E-state index contributed by atoms with van der Waals surface area (Å²) in [7, 11) is 0. The SMILES string of the molecule is O=C(O)CCC1NC2(C(=O)Nc3ccccc32)[C@@H]2C(=O)N(CCc3ccccc3)C(=O)[C@H]12. The monoisotopic (exact) mass is 433 g/mol. The molecule has 3 aliphatic heterocycles. The van der Waals surface area contributed by atoms with Crippen LogP contribution in [0.2, 0.25) is 0 Å². The van der Waals surface area contributed by atoms with Gasteiger partial charge < -0.3 is 10.4 Å². The zero-order valence-electron chi connectivity index (χ0n) is 17.3. The van der Waals surface area contributed by atoms with Crippen LogP contribution < -0.4 is 10.6 Å². The maximum Gasteiger partial charge on any atom is 0.303 e. The van der Waals surface area contributed by atoms with Crippen LogP contribution in [-0.4, -0.2) is 46.3 Å². The summed E-state index contributed by atoms with van der Waals surface area (Å²) in [5.41, 5.74) is 0.859. The number of carbonyl (C=O) groups excluding carboxylic acids is 3. The van der Waals surface area contributed by atoms with E-state index in [1.165, 1.54) is 4.90 Å². The molecular weight excluding hydrogens is 410 g/mol. The molecule has 2 unspecified atom stereocenters. The van der Waals surface area contributed by atoms with Gasteiger partial charge in [0.1, 0.15) is 5.54 Å². The molecule has 0 bridgehead atoms. The van der Waals surface area contributed by atoms with Crippen molar-refractivity contribution in [1.82, 2.24) is 10.2 Å². The Labute approximate surface area is 184 Å². The number of hydrogen-bond acceptors (Lipinski definition) is 5. The molecule has 8 heteroatoms. The summed E-state index contributed by atoms with van der Waals surface area (Å²) in [5.74, 6) is -3.78. The van der Waals surface area contributed by atoms with Crippen LogP contribution in [0.4, 0.5) is 5.69 Å². The molecule has 32 heavy (non-hydrogen) atoms. The minimum atomic E-state index is -1.38. The lowest BCUT2D eigenvalue weighted by molar-refractivity contribution is -0.143. The number of imide groups is 1. The van der Waals surface area contributed by atoms with E-state index < -0.39 is 29.4 Å². The predicted molar refractivity (Wildman–Crippen MR) is 114 cm³/mol. The smallest absolute Gasteiger partial charge is 0.303 e. The Balaban J connectivity index is 1.51. The van der Waals surface area contributed by atoms with Gasteiger partial charge in [0.05, 0.1) is 11.8 Å². The molecule has 8 nitrogen and oxygen atoms in total. The molecule has 0 saturated carbocycles. The molecule has 2 aromatic carbocycles. The first-order valence-corrected chi connectivity index (χ1v) is 10.7. The topological polar surface area (TPSA) is 116 Å². The van der Waals surface area contributed by atoms with Gasteiger partial charge in [-0.3, -0.25) is 29.4 Å². The maximum atomic E-state index is 13.6. The third-order valence-electron chi connectivity index (χ3n) is 6.85. The molecule has 0 aromatic heterocycles. The lowest BCUT2D eigenvalue weighted by Gasteiger charge is -2.29. The van der Waals surface area contributed by atoms with E-state index in [0.29, 0.717) is 17.7 Å². The summed E-state index contributed by atoms with van der Waals surface area (Å²) < 4.78 is 0. The highest BCUT2D eigenvalue weighted by Gasteiger charge is 2.70. The van der Waals surface area contributed by atoms with Gasteiger partial charge in [0, 0.05) is 30.3 Å². The van der Waals surface area contributed by atoms with E-state index in [1.807, 2.05) is 30.3 Å². The molecule has 5 rings (SSSR count). The van der Waals surface area contributed by atoms with E-state index in [4.69, 9.17) is 0 Å². The lowest BCUT2D eigenvalue weighted by atomic mass is 9.76. The van der Waals surface area contributed by atoms with E-state index in [2.05, 4.69) is 10.6 Å². The van der Waals surface area contributed by atoms with E-state index in [1.54, 1.807) is 24.3 Å². The lowest BCUT2D eigenvalue weighted by Crippen LogP contribution is -2.53. The van der Waals surface area contributed by atoms with Gasteiger partial charge in [-0.1, -0.05) is 48.5 Å². The second-order valence-electron chi connectivity index (χ2n) is 8.56. The van der Waals surface area contributed by atoms with Gasteiger partial charge in [0.2, 0.25) is 17.7 Å². The van der Waals surface area contributed by atoms with Crippen LogP contribution in [0.5, 0.6) is 0 Å². The molecule has 3 heterocycles. The number of anilines is 1. The Morgan fingerprint density at radius 2 is 1.72 bits per heavy atom. The number of carboxylic acid groups (broad SMARTS) is 1. The van der Waals surface area contributed by atoms with Gasteiger partial charge in [-0.2, -0.15) is 0 Å². The van der Waals surface area contributed by atoms with Crippen molar-refractivity contribution >= 4 is 29.4 Å². The van der Waals surface area contributed by atoms with Gasteiger partial charge in [0.15, 0.2) is 0 Å². The van der Waals surface area contributed by atoms with Crippen molar-refractivity contribution in [3.63, 3.8) is 0 Å². The van der Waals surface area contributed by atoms with Crippen LogP contribution in [0.3, 0.4) is 0 Å². The molecule has 2 saturated heterocycles. The fraction of sp³-hybridized carbons (Fsp3) is 0.333. The Kier molecular flexibility index (Phi) is 4.82. The van der Waals surface area contributed by atoms with Crippen molar-refractivity contribution in [1.29, 1.82) is 0 Å². The minimum Gasteiger partial charge on any atom is -0.481 e. The first-order valence-electron chi connectivity index (χ1n) is 10.7. The number of fused-ring (bicyclic) bond motifs is 4. The van der Waals surface area contributed by atoms with Crippen molar-refractivity contribution in [3.05, 3.63) is 65.7 Å². The summed E-state index contributed by atoms with van der Waals surface area (Å²) in [6.07, 6.45) is 0.506. The number of amides is 3. The molecule has 3 N–H and O–H groups in total. The van der Waals surface area contributed by atoms with Crippen molar-refractivity contribution in [3.8, 4) is 0 Å². The highest BCUT2D eigenvalue weighted by Crippen LogP contribution is 2.53. The molecule has 2 aromatic rings. The summed E-state index contributed by atoms with van der Waals surface area (Å²) in [5, 5.41) is 15.3. The van der Waals surface area contributed by atoms with Crippen LogP contribution in [0, 0.1) is 11.8 Å². The second-order valence-corrected chi connectivity index (χ2v) is 8.56. The van der Waals surface area contributed by atoms with Crippen molar-refractivity contribution in [2.75, 3.05) is 11.9 Å². The van der Waals surface area contributed by atoms with Gasteiger partial charge in [-0.05, 0) is 24.5 Å².